The molecule has 1 saturated carbocycles. The molecule has 0 aliphatic heterocycles. The number of benzene rings is 1. The molecule has 2 rings (SSSR count). The molecule has 21 heavy (non-hydrogen) atoms. The second-order valence-corrected chi connectivity index (χ2v) is 7.72. The van der Waals surface area contributed by atoms with Gasteiger partial charge in [-0.2, -0.15) is 5.26 Å². The largest absolute Gasteiger partial charge is 0.493 e. The van der Waals surface area contributed by atoms with Crippen molar-refractivity contribution < 1.29 is 13.2 Å². The van der Waals surface area contributed by atoms with Gasteiger partial charge in [-0.15, -0.1) is 0 Å². The first-order chi connectivity index (χ1) is 9.82. The highest BCUT2D eigenvalue weighted by Gasteiger charge is 2.32. The van der Waals surface area contributed by atoms with Gasteiger partial charge in [-0.1, -0.05) is 6.07 Å². The quantitative estimate of drug-likeness (QED) is 0.832. The number of hydrogen-bond donors (Lipinski definition) is 1. The summed E-state index contributed by atoms with van der Waals surface area (Å²) < 4.78 is 28.6. The van der Waals surface area contributed by atoms with Crippen LogP contribution < -0.4 is 10.1 Å². The summed E-state index contributed by atoms with van der Waals surface area (Å²) in [6.07, 6.45) is 3.95. The average molecular weight is 308 g/mol. The Kier molecular flexibility index (Phi) is 4.55. The minimum atomic E-state index is -3.24. The zero-order chi connectivity index (χ0) is 15.5. The third kappa shape index (κ3) is 4.73. The third-order valence-corrected chi connectivity index (χ3v) is 4.56. The Hall–Kier alpha value is -1.58. The van der Waals surface area contributed by atoms with Crippen molar-refractivity contribution >= 4 is 9.84 Å². The van der Waals surface area contributed by atoms with E-state index >= 15 is 0 Å². The summed E-state index contributed by atoms with van der Waals surface area (Å²) in [6, 6.07) is 9.14. The highest BCUT2D eigenvalue weighted by molar-refractivity contribution is 7.90. The lowest BCUT2D eigenvalue weighted by Crippen LogP contribution is -2.43. The lowest BCUT2D eigenvalue weighted by molar-refractivity contribution is 0.265. The van der Waals surface area contributed by atoms with Crippen LogP contribution in [0.2, 0.25) is 0 Å². The van der Waals surface area contributed by atoms with Crippen LogP contribution >= 0.6 is 0 Å². The molecule has 1 aliphatic rings. The molecule has 1 atom stereocenters. The highest BCUT2D eigenvalue weighted by atomic mass is 32.2. The molecule has 0 spiro atoms. The van der Waals surface area contributed by atoms with Gasteiger partial charge in [0.05, 0.1) is 17.6 Å². The van der Waals surface area contributed by atoms with E-state index in [0.717, 1.165) is 12.8 Å². The minimum Gasteiger partial charge on any atom is -0.493 e. The molecule has 0 radical (unpaired) electrons. The monoisotopic (exact) mass is 308 g/mol. The van der Waals surface area contributed by atoms with Crippen LogP contribution in [-0.4, -0.2) is 32.9 Å². The van der Waals surface area contributed by atoms with Gasteiger partial charge in [-0.25, -0.2) is 8.42 Å². The first-order valence-electron chi connectivity index (χ1n) is 6.94. The van der Waals surface area contributed by atoms with Crippen molar-refractivity contribution in [2.45, 2.75) is 42.7 Å². The van der Waals surface area contributed by atoms with Crippen molar-refractivity contribution in [3.05, 3.63) is 24.3 Å². The molecular formula is C15H20N2O3S. The number of hydrogen-bond acceptors (Lipinski definition) is 5. The highest BCUT2D eigenvalue weighted by Crippen LogP contribution is 2.24. The van der Waals surface area contributed by atoms with E-state index < -0.39 is 15.4 Å². The minimum absolute atomic E-state index is 0.235. The summed E-state index contributed by atoms with van der Waals surface area (Å²) in [7, 11) is -3.24. The maximum Gasteiger partial charge on any atom is 0.175 e. The van der Waals surface area contributed by atoms with E-state index in [0.29, 0.717) is 24.8 Å². The van der Waals surface area contributed by atoms with E-state index in [1.165, 1.54) is 18.4 Å². The zero-order valence-corrected chi connectivity index (χ0v) is 13.1. The molecule has 1 N–H and O–H groups in total. The summed E-state index contributed by atoms with van der Waals surface area (Å²) >= 11 is 0. The smallest absolute Gasteiger partial charge is 0.175 e. The van der Waals surface area contributed by atoms with Crippen LogP contribution in [0.5, 0.6) is 5.75 Å². The Morgan fingerprint density at radius 2 is 2.19 bits per heavy atom. The molecule has 1 aromatic rings. The average Bonchev–Trinajstić information content (AvgIpc) is 3.22. The predicted molar refractivity (Wildman–Crippen MR) is 79.8 cm³/mol. The Morgan fingerprint density at radius 3 is 2.76 bits per heavy atom. The first-order valence-corrected chi connectivity index (χ1v) is 8.83. The van der Waals surface area contributed by atoms with Gasteiger partial charge in [-0.3, -0.25) is 5.32 Å². The molecule has 0 bridgehead atoms. The fourth-order valence-corrected chi connectivity index (χ4v) is 2.66. The molecule has 1 aliphatic carbocycles. The maximum absolute atomic E-state index is 11.5. The van der Waals surface area contributed by atoms with Crippen LogP contribution in [-0.2, 0) is 9.84 Å². The van der Waals surface area contributed by atoms with E-state index in [1.54, 1.807) is 12.1 Å². The second-order valence-electron chi connectivity index (χ2n) is 5.71. The van der Waals surface area contributed by atoms with E-state index in [4.69, 9.17) is 4.74 Å². The molecule has 0 aromatic heterocycles. The number of sulfone groups is 1. The van der Waals surface area contributed by atoms with Gasteiger partial charge in [0.2, 0.25) is 0 Å². The van der Waals surface area contributed by atoms with Gasteiger partial charge in [0, 0.05) is 18.7 Å². The number of nitrogens with one attached hydrogen (secondary N) is 1. The topological polar surface area (TPSA) is 79.2 Å². The van der Waals surface area contributed by atoms with Gasteiger partial charge in [0.25, 0.3) is 0 Å². The molecule has 1 fully saturated rings. The lowest BCUT2D eigenvalue weighted by Gasteiger charge is -2.23. The second kappa shape index (κ2) is 6.04. The molecule has 0 heterocycles. The molecule has 1 aromatic carbocycles. The lowest BCUT2D eigenvalue weighted by atomic mass is 10.0. The third-order valence-electron chi connectivity index (χ3n) is 3.45. The summed E-state index contributed by atoms with van der Waals surface area (Å²) in [6.45, 7) is 2.22. The van der Waals surface area contributed by atoms with Crippen LogP contribution in [0.4, 0.5) is 0 Å². The SMILES string of the molecule is CC(C#N)(CCOc1cccc(S(C)(=O)=O)c1)NC1CC1. The van der Waals surface area contributed by atoms with Crippen molar-refractivity contribution in [2.24, 2.45) is 0 Å². The predicted octanol–water partition coefficient (Wildman–Crippen LogP) is 1.89. The molecule has 1 unspecified atom stereocenters. The first kappa shape index (κ1) is 15.8. The summed E-state index contributed by atoms with van der Waals surface area (Å²) in [5.41, 5.74) is -0.602. The Labute approximate surface area is 125 Å². The van der Waals surface area contributed by atoms with Crippen molar-refractivity contribution in [1.82, 2.24) is 5.32 Å². The number of rotatable bonds is 7. The van der Waals surface area contributed by atoms with Crippen LogP contribution in [0, 0.1) is 11.3 Å². The number of ether oxygens (including phenoxy) is 1. The summed E-state index contributed by atoms with van der Waals surface area (Å²) in [5.74, 6) is 0.504. The molecule has 114 valence electrons. The van der Waals surface area contributed by atoms with Crippen LogP contribution in [0.3, 0.4) is 0 Å². The Balaban J connectivity index is 1.92. The van der Waals surface area contributed by atoms with Gasteiger partial charge >= 0.3 is 0 Å². The van der Waals surface area contributed by atoms with Crippen molar-refractivity contribution in [3.63, 3.8) is 0 Å². The van der Waals surface area contributed by atoms with Crippen LogP contribution in [0.1, 0.15) is 26.2 Å². The Bertz CT molecular complexity index is 647. The van der Waals surface area contributed by atoms with Crippen molar-refractivity contribution in [2.75, 3.05) is 12.9 Å². The van der Waals surface area contributed by atoms with E-state index in [9.17, 15) is 13.7 Å². The van der Waals surface area contributed by atoms with Gasteiger partial charge < -0.3 is 4.74 Å². The van der Waals surface area contributed by atoms with Crippen LogP contribution in [0.15, 0.2) is 29.2 Å². The van der Waals surface area contributed by atoms with Gasteiger partial charge in [0.15, 0.2) is 9.84 Å². The normalized spacial score (nSPS) is 17.8. The summed E-state index contributed by atoms with van der Waals surface area (Å²) in [5, 5.41) is 12.6. The molecule has 5 nitrogen and oxygen atoms in total. The molecule has 0 saturated heterocycles. The fraction of sp³-hybridized carbons (Fsp3) is 0.533. The number of nitrogens with zero attached hydrogens (tertiary/aromatic N) is 1. The van der Waals surface area contributed by atoms with Crippen LogP contribution in [0.25, 0.3) is 0 Å². The fourth-order valence-electron chi connectivity index (χ4n) is 2.01. The molecule has 0 amide bonds. The van der Waals surface area contributed by atoms with Crippen molar-refractivity contribution in [1.29, 1.82) is 5.26 Å². The van der Waals surface area contributed by atoms with Gasteiger partial charge in [0.1, 0.15) is 11.3 Å². The molecular weight excluding hydrogens is 288 g/mol. The van der Waals surface area contributed by atoms with E-state index in [1.807, 2.05) is 6.92 Å². The molecule has 6 heteroatoms. The number of nitriles is 1. The van der Waals surface area contributed by atoms with E-state index in [2.05, 4.69) is 11.4 Å². The van der Waals surface area contributed by atoms with Crippen molar-refractivity contribution in [3.8, 4) is 11.8 Å². The zero-order valence-electron chi connectivity index (χ0n) is 12.3. The summed E-state index contributed by atoms with van der Waals surface area (Å²) in [4.78, 5) is 0.235. The van der Waals surface area contributed by atoms with Gasteiger partial charge in [-0.05, 0) is 38.0 Å². The Morgan fingerprint density at radius 1 is 1.48 bits per heavy atom. The maximum atomic E-state index is 11.5. The standard InChI is InChI=1S/C15H20N2O3S/c1-15(11-16,17-12-6-7-12)8-9-20-13-4-3-5-14(10-13)21(2,18)19/h3-5,10,12,17H,6-9H2,1-2H3. The van der Waals surface area contributed by atoms with E-state index in [-0.39, 0.29) is 4.90 Å².